The lowest BCUT2D eigenvalue weighted by molar-refractivity contribution is 0.746. The second-order valence-electron chi connectivity index (χ2n) is 3.98. The van der Waals surface area contributed by atoms with Crippen molar-refractivity contribution in [3.05, 3.63) is 28.7 Å². The summed E-state index contributed by atoms with van der Waals surface area (Å²) in [5.41, 5.74) is 1.12. The Kier molecular flexibility index (Phi) is 3.14. The van der Waals surface area contributed by atoms with E-state index in [9.17, 15) is 4.79 Å². The van der Waals surface area contributed by atoms with E-state index in [0.717, 1.165) is 17.6 Å². The van der Waals surface area contributed by atoms with E-state index in [2.05, 4.69) is 20.8 Å². The van der Waals surface area contributed by atoms with Crippen LogP contribution in [0.3, 0.4) is 0 Å². The molecule has 2 rings (SSSR count). The summed E-state index contributed by atoms with van der Waals surface area (Å²) in [6.07, 6.45) is 4.26. The molecule has 82 valence electrons. The summed E-state index contributed by atoms with van der Waals surface area (Å²) >= 11 is 3.52. The predicted octanol–water partition coefficient (Wildman–Crippen LogP) is 1.75. The topological polar surface area (TPSA) is 25.2 Å². The molecule has 4 heteroatoms. The first-order valence-corrected chi connectivity index (χ1v) is 6.34. The monoisotopic (exact) mass is 270 g/mol. The van der Waals surface area contributed by atoms with E-state index in [4.69, 9.17) is 0 Å². The fraction of sp³-hybridized carbons (Fsp3) is 0.545. The molecule has 0 bridgehead atoms. The zero-order chi connectivity index (χ0) is 10.8. The molecule has 2 heterocycles. The molecule has 15 heavy (non-hydrogen) atoms. The van der Waals surface area contributed by atoms with Crippen molar-refractivity contribution in [2.45, 2.75) is 18.9 Å². The van der Waals surface area contributed by atoms with Crippen molar-refractivity contribution in [2.75, 3.05) is 16.8 Å². The van der Waals surface area contributed by atoms with Crippen LogP contribution in [0.25, 0.3) is 0 Å². The standard InChI is InChI=1S/C11H15BrN2O/c1-13-6-4-9(7-11(13)15)14-5-2-3-10(14)8-12/h4,6-7,10H,2-3,5,8H2,1H3. The summed E-state index contributed by atoms with van der Waals surface area (Å²) in [7, 11) is 1.78. The van der Waals surface area contributed by atoms with Gasteiger partial charge >= 0.3 is 0 Å². The highest BCUT2D eigenvalue weighted by Crippen LogP contribution is 2.25. The molecule has 1 aliphatic rings. The van der Waals surface area contributed by atoms with E-state index in [0.29, 0.717) is 6.04 Å². The van der Waals surface area contributed by atoms with E-state index in [1.165, 1.54) is 12.8 Å². The molecule has 0 radical (unpaired) electrons. The van der Waals surface area contributed by atoms with Crippen molar-refractivity contribution >= 4 is 21.6 Å². The molecule has 0 amide bonds. The Balaban J connectivity index is 2.29. The molecule has 1 saturated heterocycles. The minimum atomic E-state index is 0.0627. The van der Waals surface area contributed by atoms with Crippen LogP contribution in [0.5, 0.6) is 0 Å². The molecule has 0 aromatic carbocycles. The molecular weight excluding hydrogens is 256 g/mol. The maximum absolute atomic E-state index is 11.5. The SMILES string of the molecule is Cn1ccc(N2CCCC2CBr)cc1=O. The first-order valence-electron chi connectivity index (χ1n) is 5.21. The Bertz CT molecular complexity index is 402. The Morgan fingerprint density at radius 2 is 2.40 bits per heavy atom. The van der Waals surface area contributed by atoms with Crippen molar-refractivity contribution in [1.29, 1.82) is 0 Å². The molecule has 1 aromatic heterocycles. The van der Waals surface area contributed by atoms with Crippen LogP contribution in [0.15, 0.2) is 23.1 Å². The van der Waals surface area contributed by atoms with Gasteiger partial charge < -0.3 is 9.47 Å². The van der Waals surface area contributed by atoms with Gasteiger partial charge in [0.15, 0.2) is 0 Å². The molecule has 0 spiro atoms. The van der Waals surface area contributed by atoms with Crippen LogP contribution in [-0.4, -0.2) is 22.5 Å². The predicted molar refractivity (Wildman–Crippen MR) is 65.8 cm³/mol. The highest BCUT2D eigenvalue weighted by molar-refractivity contribution is 9.09. The number of hydrogen-bond acceptors (Lipinski definition) is 2. The number of aromatic nitrogens is 1. The number of pyridine rings is 1. The largest absolute Gasteiger partial charge is 0.368 e. The van der Waals surface area contributed by atoms with Crippen LogP contribution in [-0.2, 0) is 7.05 Å². The molecule has 0 saturated carbocycles. The van der Waals surface area contributed by atoms with E-state index >= 15 is 0 Å². The van der Waals surface area contributed by atoms with Crippen LogP contribution < -0.4 is 10.5 Å². The van der Waals surface area contributed by atoms with Gasteiger partial charge in [0.2, 0.25) is 0 Å². The van der Waals surface area contributed by atoms with Gasteiger partial charge in [-0.3, -0.25) is 4.79 Å². The molecule has 1 fully saturated rings. The third-order valence-corrected chi connectivity index (χ3v) is 3.72. The van der Waals surface area contributed by atoms with Crippen LogP contribution in [0.4, 0.5) is 5.69 Å². The molecule has 1 atom stereocenters. The third kappa shape index (κ3) is 2.09. The smallest absolute Gasteiger partial charge is 0.252 e. The minimum Gasteiger partial charge on any atom is -0.368 e. The quantitative estimate of drug-likeness (QED) is 0.766. The normalized spacial score (nSPS) is 20.9. The van der Waals surface area contributed by atoms with Crippen molar-refractivity contribution < 1.29 is 0 Å². The van der Waals surface area contributed by atoms with Crippen LogP contribution in [0.2, 0.25) is 0 Å². The van der Waals surface area contributed by atoms with Crippen LogP contribution >= 0.6 is 15.9 Å². The number of alkyl halides is 1. The maximum Gasteiger partial charge on any atom is 0.252 e. The lowest BCUT2D eigenvalue weighted by Gasteiger charge is -2.25. The van der Waals surface area contributed by atoms with Crippen molar-refractivity contribution in [1.82, 2.24) is 4.57 Å². The molecule has 1 unspecified atom stereocenters. The Morgan fingerprint density at radius 1 is 1.60 bits per heavy atom. The van der Waals surface area contributed by atoms with Gasteiger partial charge in [-0.25, -0.2) is 0 Å². The zero-order valence-corrected chi connectivity index (χ0v) is 10.4. The van der Waals surface area contributed by atoms with Crippen molar-refractivity contribution in [3.8, 4) is 0 Å². The second-order valence-corrected chi connectivity index (χ2v) is 4.63. The number of nitrogens with zero attached hydrogens (tertiary/aromatic N) is 2. The fourth-order valence-electron chi connectivity index (χ4n) is 2.05. The Hall–Kier alpha value is -0.770. The molecule has 0 aliphatic carbocycles. The van der Waals surface area contributed by atoms with Gasteiger partial charge in [0.1, 0.15) is 0 Å². The maximum atomic E-state index is 11.5. The van der Waals surface area contributed by atoms with Gasteiger partial charge in [-0.1, -0.05) is 15.9 Å². The molecule has 3 nitrogen and oxygen atoms in total. The number of halogens is 1. The summed E-state index contributed by atoms with van der Waals surface area (Å²) < 4.78 is 1.60. The summed E-state index contributed by atoms with van der Waals surface area (Å²) in [4.78, 5) is 13.8. The minimum absolute atomic E-state index is 0.0627. The van der Waals surface area contributed by atoms with Crippen molar-refractivity contribution in [2.24, 2.45) is 7.05 Å². The first-order chi connectivity index (χ1) is 7.22. The molecule has 0 N–H and O–H groups in total. The van der Waals surface area contributed by atoms with Gasteiger partial charge in [-0.2, -0.15) is 0 Å². The van der Waals surface area contributed by atoms with Gasteiger partial charge in [0.25, 0.3) is 5.56 Å². The van der Waals surface area contributed by atoms with Gasteiger partial charge in [0, 0.05) is 42.9 Å². The Morgan fingerprint density at radius 3 is 3.07 bits per heavy atom. The highest BCUT2D eigenvalue weighted by Gasteiger charge is 2.23. The van der Waals surface area contributed by atoms with Gasteiger partial charge in [-0.05, 0) is 18.9 Å². The number of anilines is 1. The van der Waals surface area contributed by atoms with Crippen LogP contribution in [0.1, 0.15) is 12.8 Å². The number of aryl methyl sites for hydroxylation is 1. The fourth-order valence-corrected chi connectivity index (χ4v) is 2.73. The van der Waals surface area contributed by atoms with E-state index in [-0.39, 0.29) is 5.56 Å². The van der Waals surface area contributed by atoms with E-state index in [1.807, 2.05) is 12.3 Å². The highest BCUT2D eigenvalue weighted by atomic mass is 79.9. The van der Waals surface area contributed by atoms with Gasteiger partial charge in [0.05, 0.1) is 0 Å². The molecule has 1 aromatic rings. The zero-order valence-electron chi connectivity index (χ0n) is 8.82. The lowest BCUT2D eigenvalue weighted by atomic mass is 10.2. The van der Waals surface area contributed by atoms with Crippen molar-refractivity contribution in [3.63, 3.8) is 0 Å². The van der Waals surface area contributed by atoms with Crippen LogP contribution in [0, 0.1) is 0 Å². The molecule has 1 aliphatic heterocycles. The van der Waals surface area contributed by atoms with Gasteiger partial charge in [-0.15, -0.1) is 0 Å². The average molecular weight is 271 g/mol. The molecular formula is C11H15BrN2O. The number of rotatable bonds is 2. The summed E-state index contributed by atoms with van der Waals surface area (Å²) in [5.74, 6) is 0. The van der Waals surface area contributed by atoms with E-state index < -0.39 is 0 Å². The van der Waals surface area contributed by atoms with E-state index in [1.54, 1.807) is 17.7 Å². The summed E-state index contributed by atoms with van der Waals surface area (Å²) in [6, 6.07) is 4.28. The summed E-state index contributed by atoms with van der Waals surface area (Å²) in [6.45, 7) is 1.06. The average Bonchev–Trinajstić information content (AvgIpc) is 2.70. The number of hydrogen-bond donors (Lipinski definition) is 0. The lowest BCUT2D eigenvalue weighted by Crippen LogP contribution is -2.31. The Labute approximate surface area is 97.8 Å². The summed E-state index contributed by atoms with van der Waals surface area (Å²) in [5, 5.41) is 0.974. The second kappa shape index (κ2) is 4.39. The first kappa shape index (κ1) is 10.7. The third-order valence-electron chi connectivity index (χ3n) is 2.97.